The van der Waals surface area contributed by atoms with E-state index >= 15 is 0 Å². The summed E-state index contributed by atoms with van der Waals surface area (Å²) in [7, 11) is 1.85. The van der Waals surface area contributed by atoms with E-state index in [-0.39, 0.29) is 15.0 Å². The van der Waals surface area contributed by atoms with Crippen LogP contribution < -0.4 is 0 Å². The van der Waals surface area contributed by atoms with Crippen LogP contribution in [0.3, 0.4) is 0 Å². The first kappa shape index (κ1) is 16.1. The van der Waals surface area contributed by atoms with E-state index in [1.165, 1.54) is 0 Å². The third-order valence-corrected chi connectivity index (χ3v) is 5.24. The molecular formula is C11H6ClF3O4S2. The van der Waals surface area contributed by atoms with Crippen LogP contribution in [0.4, 0.5) is 13.2 Å². The number of esters is 1. The Morgan fingerprint density at radius 1 is 1.33 bits per heavy atom. The van der Waals surface area contributed by atoms with Gasteiger partial charge in [-0.05, 0) is 18.2 Å². The van der Waals surface area contributed by atoms with Gasteiger partial charge in [0.2, 0.25) is 0 Å². The fraction of sp³-hybridized carbons (Fsp3) is 0.182. The summed E-state index contributed by atoms with van der Waals surface area (Å²) in [6.07, 6.45) is -4.64. The van der Waals surface area contributed by atoms with E-state index in [2.05, 4.69) is 4.74 Å². The Morgan fingerprint density at radius 2 is 1.95 bits per heavy atom. The van der Waals surface area contributed by atoms with Crippen LogP contribution in [0.2, 0.25) is 0 Å². The van der Waals surface area contributed by atoms with Gasteiger partial charge < -0.3 is 4.74 Å². The number of fused-ring (bicyclic) bond motifs is 1. The second-order valence-electron chi connectivity index (χ2n) is 3.90. The number of methoxy groups -OCH3 is 1. The second kappa shape index (κ2) is 5.15. The van der Waals surface area contributed by atoms with Crippen molar-refractivity contribution in [2.45, 2.75) is 11.1 Å². The van der Waals surface area contributed by atoms with Crippen LogP contribution in [0, 0.1) is 0 Å². The molecule has 0 amide bonds. The average molecular weight is 359 g/mol. The SMILES string of the molecule is COC(=O)c1sc2ccc(C(F)(F)F)cc2c1S(=O)(=O)Cl. The Kier molecular flexibility index (Phi) is 3.94. The van der Waals surface area contributed by atoms with Crippen molar-refractivity contribution in [3.8, 4) is 0 Å². The van der Waals surface area contributed by atoms with Gasteiger partial charge in [0, 0.05) is 20.8 Å². The van der Waals surface area contributed by atoms with Crippen molar-refractivity contribution in [1.29, 1.82) is 0 Å². The molecule has 21 heavy (non-hydrogen) atoms. The Bertz CT molecular complexity index is 824. The van der Waals surface area contributed by atoms with Crippen LogP contribution in [0.25, 0.3) is 10.1 Å². The first-order valence-corrected chi connectivity index (χ1v) is 8.35. The highest BCUT2D eigenvalue weighted by Crippen LogP contribution is 2.40. The zero-order valence-electron chi connectivity index (χ0n) is 10.2. The molecule has 0 atom stereocenters. The molecule has 10 heteroatoms. The molecule has 0 spiro atoms. The lowest BCUT2D eigenvalue weighted by Gasteiger charge is -2.06. The molecule has 4 nitrogen and oxygen atoms in total. The minimum atomic E-state index is -4.64. The number of rotatable bonds is 2. The van der Waals surface area contributed by atoms with Gasteiger partial charge in [0.05, 0.1) is 12.7 Å². The molecule has 0 bridgehead atoms. The average Bonchev–Trinajstić information content (AvgIpc) is 2.74. The van der Waals surface area contributed by atoms with Crippen LogP contribution in [0.15, 0.2) is 23.1 Å². The number of halogens is 4. The van der Waals surface area contributed by atoms with E-state index in [9.17, 15) is 26.4 Å². The summed E-state index contributed by atoms with van der Waals surface area (Å²) in [4.78, 5) is 10.6. The van der Waals surface area contributed by atoms with Crippen molar-refractivity contribution >= 4 is 47.1 Å². The molecule has 2 rings (SSSR count). The van der Waals surface area contributed by atoms with Crippen LogP contribution in [0.5, 0.6) is 0 Å². The Balaban J connectivity index is 2.87. The number of benzene rings is 1. The van der Waals surface area contributed by atoms with Gasteiger partial charge >= 0.3 is 12.1 Å². The maximum atomic E-state index is 12.7. The summed E-state index contributed by atoms with van der Waals surface area (Å²) < 4.78 is 65.9. The molecule has 0 aliphatic rings. The molecule has 2 aromatic rings. The summed E-state index contributed by atoms with van der Waals surface area (Å²) >= 11 is 0.697. The van der Waals surface area contributed by atoms with Gasteiger partial charge in [0.25, 0.3) is 9.05 Å². The van der Waals surface area contributed by atoms with Crippen LogP contribution in [-0.4, -0.2) is 21.5 Å². The van der Waals surface area contributed by atoms with Crippen LogP contribution in [0.1, 0.15) is 15.2 Å². The Morgan fingerprint density at radius 3 is 2.43 bits per heavy atom. The maximum Gasteiger partial charge on any atom is 0.416 e. The predicted octanol–water partition coefficient (Wildman–Crippen LogP) is 3.63. The van der Waals surface area contributed by atoms with E-state index in [1.807, 2.05) is 0 Å². The van der Waals surface area contributed by atoms with Gasteiger partial charge in [-0.25, -0.2) is 13.2 Å². The first-order valence-electron chi connectivity index (χ1n) is 5.22. The number of thiophene rings is 1. The fourth-order valence-electron chi connectivity index (χ4n) is 1.72. The highest BCUT2D eigenvalue weighted by Gasteiger charge is 2.33. The lowest BCUT2D eigenvalue weighted by atomic mass is 10.1. The number of carbonyl (C=O) groups is 1. The van der Waals surface area contributed by atoms with Crippen molar-refractivity contribution in [2.24, 2.45) is 0 Å². The van der Waals surface area contributed by atoms with Crippen molar-refractivity contribution in [1.82, 2.24) is 0 Å². The highest BCUT2D eigenvalue weighted by molar-refractivity contribution is 8.14. The lowest BCUT2D eigenvalue weighted by Crippen LogP contribution is -2.05. The molecule has 1 heterocycles. The molecule has 114 valence electrons. The monoisotopic (exact) mass is 358 g/mol. The molecule has 0 saturated heterocycles. The standard InChI is InChI=1S/C11H6ClF3O4S2/c1-19-10(16)8-9(21(12,17)18)6-4-5(11(13,14)15)2-3-7(6)20-8/h2-4H,1H3. The largest absolute Gasteiger partial charge is 0.465 e. The van der Waals surface area contributed by atoms with Gasteiger partial charge in [-0.3, -0.25) is 0 Å². The fourth-order valence-corrected chi connectivity index (χ4v) is 4.59. The van der Waals surface area contributed by atoms with Crippen LogP contribution >= 0.6 is 22.0 Å². The normalized spacial score (nSPS) is 12.6. The summed E-state index contributed by atoms with van der Waals surface area (Å²) in [5.41, 5.74) is -1.04. The summed E-state index contributed by atoms with van der Waals surface area (Å²) in [6.45, 7) is 0. The first-order chi connectivity index (χ1) is 9.55. The molecular weight excluding hydrogens is 353 g/mol. The minimum Gasteiger partial charge on any atom is -0.465 e. The zero-order valence-corrected chi connectivity index (χ0v) is 12.6. The minimum absolute atomic E-state index is 0.183. The van der Waals surface area contributed by atoms with E-state index in [0.29, 0.717) is 17.4 Å². The van der Waals surface area contributed by atoms with Gasteiger partial charge in [0.15, 0.2) is 0 Å². The molecule has 0 unspecified atom stereocenters. The number of hydrogen-bond donors (Lipinski definition) is 0. The summed E-state index contributed by atoms with van der Waals surface area (Å²) in [5, 5.41) is -0.259. The number of ether oxygens (including phenoxy) is 1. The third kappa shape index (κ3) is 2.99. The quantitative estimate of drug-likeness (QED) is 0.607. The molecule has 1 aromatic carbocycles. The molecule has 0 fully saturated rings. The summed E-state index contributed by atoms with van der Waals surface area (Å²) in [5.74, 6) is -0.982. The number of alkyl halides is 3. The van der Waals surface area contributed by atoms with Crippen LogP contribution in [-0.2, 0) is 20.0 Å². The van der Waals surface area contributed by atoms with Gasteiger partial charge in [-0.2, -0.15) is 13.2 Å². The smallest absolute Gasteiger partial charge is 0.416 e. The number of carbonyl (C=O) groups excluding carboxylic acids is 1. The van der Waals surface area contributed by atoms with Crippen molar-refractivity contribution in [2.75, 3.05) is 7.11 Å². The third-order valence-electron chi connectivity index (χ3n) is 2.58. The zero-order chi connectivity index (χ0) is 16.0. The Hall–Kier alpha value is -1.32. The van der Waals surface area contributed by atoms with Gasteiger partial charge in [-0.15, -0.1) is 11.3 Å². The molecule has 0 aliphatic carbocycles. The Labute approximate surface area is 125 Å². The van der Waals surface area contributed by atoms with E-state index in [0.717, 1.165) is 19.2 Å². The second-order valence-corrected chi connectivity index (χ2v) is 7.45. The molecule has 0 radical (unpaired) electrons. The van der Waals surface area contributed by atoms with Crippen molar-refractivity contribution in [3.05, 3.63) is 28.6 Å². The molecule has 0 aliphatic heterocycles. The molecule has 1 aromatic heterocycles. The predicted molar refractivity (Wildman–Crippen MR) is 71.2 cm³/mol. The van der Waals surface area contributed by atoms with Crippen molar-refractivity contribution < 1.29 is 31.1 Å². The topological polar surface area (TPSA) is 60.4 Å². The highest BCUT2D eigenvalue weighted by atomic mass is 35.7. The lowest BCUT2D eigenvalue weighted by molar-refractivity contribution is -0.137. The van der Waals surface area contributed by atoms with Gasteiger partial charge in [0.1, 0.15) is 9.77 Å². The van der Waals surface area contributed by atoms with E-state index in [1.54, 1.807) is 0 Å². The van der Waals surface area contributed by atoms with E-state index < -0.39 is 31.7 Å². The number of hydrogen-bond acceptors (Lipinski definition) is 5. The van der Waals surface area contributed by atoms with Gasteiger partial charge in [-0.1, -0.05) is 0 Å². The maximum absolute atomic E-state index is 12.7. The van der Waals surface area contributed by atoms with E-state index in [4.69, 9.17) is 10.7 Å². The molecule has 0 N–H and O–H groups in total. The summed E-state index contributed by atoms with van der Waals surface area (Å²) in [6, 6.07) is 2.53. The van der Waals surface area contributed by atoms with Crippen molar-refractivity contribution in [3.63, 3.8) is 0 Å². The molecule has 0 saturated carbocycles.